The molecule has 6 heteroatoms. The average Bonchev–Trinajstić information content (AvgIpc) is 2.94. The number of halogens is 1. The van der Waals surface area contributed by atoms with Gasteiger partial charge >= 0.3 is 5.97 Å². The Labute approximate surface area is 125 Å². The van der Waals surface area contributed by atoms with Gasteiger partial charge in [0.25, 0.3) is 5.91 Å². The van der Waals surface area contributed by atoms with Gasteiger partial charge in [0, 0.05) is 17.6 Å². The molecule has 0 spiro atoms. The van der Waals surface area contributed by atoms with E-state index in [2.05, 4.69) is 15.9 Å². The van der Waals surface area contributed by atoms with E-state index in [-0.39, 0.29) is 17.2 Å². The first kappa shape index (κ1) is 14.8. The van der Waals surface area contributed by atoms with Crippen LogP contribution in [0.5, 0.6) is 5.75 Å². The zero-order valence-corrected chi connectivity index (χ0v) is 12.7. The Hall–Kier alpha value is -1.56. The lowest BCUT2D eigenvalue weighted by Gasteiger charge is -2.20. The van der Waals surface area contributed by atoms with Crippen molar-refractivity contribution in [1.29, 1.82) is 0 Å². The number of esters is 1. The van der Waals surface area contributed by atoms with Gasteiger partial charge in [0.1, 0.15) is 11.3 Å². The minimum Gasteiger partial charge on any atom is -0.507 e. The molecule has 1 atom stereocenters. The van der Waals surface area contributed by atoms with E-state index in [1.807, 2.05) is 0 Å². The summed E-state index contributed by atoms with van der Waals surface area (Å²) in [6, 6.07) is 4.48. The Bertz CT molecular complexity index is 526. The number of amides is 1. The van der Waals surface area contributed by atoms with Crippen LogP contribution in [0.4, 0.5) is 0 Å². The minimum atomic E-state index is -0.848. The third-order valence-corrected chi connectivity index (χ3v) is 3.72. The molecule has 108 valence electrons. The molecule has 0 bridgehead atoms. The number of carbonyl (C=O) groups excluding carboxylic acids is 2. The first-order valence-electron chi connectivity index (χ1n) is 6.47. The van der Waals surface area contributed by atoms with Crippen LogP contribution >= 0.6 is 15.9 Å². The number of hydrogen-bond donors (Lipinski definition) is 1. The summed E-state index contributed by atoms with van der Waals surface area (Å²) in [7, 11) is 0. The number of phenolic OH excluding ortho intramolecular Hbond substituents is 1. The molecule has 0 radical (unpaired) electrons. The van der Waals surface area contributed by atoms with Crippen LogP contribution in [0.1, 0.15) is 30.1 Å². The molecule has 1 aromatic carbocycles. The molecule has 1 heterocycles. The number of nitrogens with zero attached hydrogens (tertiary/aromatic N) is 1. The number of benzene rings is 1. The van der Waals surface area contributed by atoms with Gasteiger partial charge in [-0.25, -0.2) is 4.79 Å². The summed E-state index contributed by atoms with van der Waals surface area (Å²) in [6.45, 7) is 2.97. The molecule has 1 N–H and O–H groups in total. The highest BCUT2D eigenvalue weighted by molar-refractivity contribution is 9.10. The Morgan fingerprint density at radius 1 is 1.35 bits per heavy atom. The van der Waals surface area contributed by atoms with Gasteiger partial charge in [0.2, 0.25) is 0 Å². The summed E-state index contributed by atoms with van der Waals surface area (Å²) >= 11 is 3.22. The van der Waals surface area contributed by atoms with E-state index >= 15 is 0 Å². The Kier molecular flexibility index (Phi) is 4.65. The third kappa shape index (κ3) is 3.30. The number of carbonyl (C=O) groups is 2. The van der Waals surface area contributed by atoms with Gasteiger partial charge in [-0.1, -0.05) is 15.9 Å². The van der Waals surface area contributed by atoms with Crippen molar-refractivity contribution in [3.63, 3.8) is 0 Å². The van der Waals surface area contributed by atoms with E-state index in [0.29, 0.717) is 17.6 Å². The van der Waals surface area contributed by atoms with Crippen molar-refractivity contribution in [2.24, 2.45) is 0 Å². The molecule has 2 rings (SSSR count). The Balaban J connectivity index is 2.03. The Morgan fingerprint density at radius 2 is 2.00 bits per heavy atom. The molecule has 20 heavy (non-hydrogen) atoms. The molecular formula is C14H16BrNO4. The second-order valence-corrected chi connectivity index (χ2v) is 5.66. The van der Waals surface area contributed by atoms with Crippen LogP contribution in [-0.2, 0) is 9.53 Å². The van der Waals surface area contributed by atoms with Crippen LogP contribution < -0.4 is 0 Å². The number of phenols is 1. The second kappa shape index (κ2) is 6.26. The fraction of sp³-hybridized carbons (Fsp3) is 0.429. The Morgan fingerprint density at radius 3 is 2.65 bits per heavy atom. The standard InChI is InChI=1S/C14H16BrNO4/c1-9(13(18)16-6-2-3-7-16)20-14(19)11-8-10(15)4-5-12(11)17/h4-5,8-9,17H,2-3,6-7H2,1H3/t9-/m0/s1. The fourth-order valence-corrected chi connectivity index (χ4v) is 2.50. The van der Waals surface area contributed by atoms with Crippen molar-refractivity contribution in [3.8, 4) is 5.75 Å². The molecule has 1 fully saturated rings. The summed E-state index contributed by atoms with van der Waals surface area (Å²) < 4.78 is 5.79. The van der Waals surface area contributed by atoms with Crippen molar-refractivity contribution in [3.05, 3.63) is 28.2 Å². The van der Waals surface area contributed by atoms with Gasteiger partial charge < -0.3 is 14.7 Å². The van der Waals surface area contributed by atoms with E-state index in [1.165, 1.54) is 12.1 Å². The maximum absolute atomic E-state index is 12.0. The predicted molar refractivity (Wildman–Crippen MR) is 76.5 cm³/mol. The van der Waals surface area contributed by atoms with Gasteiger partial charge in [0.15, 0.2) is 6.10 Å². The lowest BCUT2D eigenvalue weighted by Crippen LogP contribution is -2.38. The smallest absolute Gasteiger partial charge is 0.342 e. The maximum atomic E-state index is 12.0. The molecule has 0 aliphatic carbocycles. The summed E-state index contributed by atoms with van der Waals surface area (Å²) in [5, 5.41) is 9.65. The normalized spacial score (nSPS) is 16.0. The van der Waals surface area contributed by atoms with Gasteiger partial charge in [-0.2, -0.15) is 0 Å². The monoisotopic (exact) mass is 341 g/mol. The summed E-state index contributed by atoms with van der Waals surface area (Å²) in [5.41, 5.74) is 0.0421. The van der Waals surface area contributed by atoms with Gasteiger partial charge in [-0.3, -0.25) is 4.79 Å². The first-order valence-corrected chi connectivity index (χ1v) is 7.26. The van der Waals surface area contributed by atoms with Crippen LogP contribution in [-0.4, -0.2) is 41.1 Å². The number of rotatable bonds is 3. The first-order chi connectivity index (χ1) is 9.49. The van der Waals surface area contributed by atoms with Gasteiger partial charge in [0.05, 0.1) is 0 Å². The van der Waals surface area contributed by atoms with Gasteiger partial charge in [-0.15, -0.1) is 0 Å². The van der Waals surface area contributed by atoms with Crippen LogP contribution in [0, 0.1) is 0 Å². The number of ether oxygens (including phenoxy) is 1. The van der Waals surface area contributed by atoms with E-state index in [0.717, 1.165) is 12.8 Å². The quantitative estimate of drug-likeness (QED) is 0.856. The van der Waals surface area contributed by atoms with Crippen LogP contribution in [0.3, 0.4) is 0 Å². The van der Waals surface area contributed by atoms with E-state index < -0.39 is 12.1 Å². The van der Waals surface area contributed by atoms with Crippen molar-refractivity contribution in [2.75, 3.05) is 13.1 Å². The van der Waals surface area contributed by atoms with E-state index in [9.17, 15) is 14.7 Å². The highest BCUT2D eigenvalue weighted by Crippen LogP contribution is 2.23. The summed E-state index contributed by atoms with van der Waals surface area (Å²) in [5.74, 6) is -1.06. The minimum absolute atomic E-state index is 0.0421. The lowest BCUT2D eigenvalue weighted by atomic mass is 10.2. The molecule has 1 aliphatic heterocycles. The molecular weight excluding hydrogens is 326 g/mol. The molecule has 5 nitrogen and oxygen atoms in total. The number of likely N-dealkylation sites (tertiary alicyclic amines) is 1. The van der Waals surface area contributed by atoms with Crippen molar-refractivity contribution in [2.45, 2.75) is 25.9 Å². The average molecular weight is 342 g/mol. The molecule has 1 saturated heterocycles. The second-order valence-electron chi connectivity index (χ2n) is 4.74. The third-order valence-electron chi connectivity index (χ3n) is 3.23. The SMILES string of the molecule is C[C@H](OC(=O)c1cc(Br)ccc1O)C(=O)N1CCCC1. The van der Waals surface area contributed by atoms with Crippen molar-refractivity contribution in [1.82, 2.24) is 4.90 Å². The maximum Gasteiger partial charge on any atom is 0.342 e. The topological polar surface area (TPSA) is 66.8 Å². The highest BCUT2D eigenvalue weighted by atomic mass is 79.9. The lowest BCUT2D eigenvalue weighted by molar-refractivity contribution is -0.138. The molecule has 0 saturated carbocycles. The van der Waals surface area contributed by atoms with Crippen molar-refractivity contribution < 1.29 is 19.4 Å². The molecule has 0 unspecified atom stereocenters. The summed E-state index contributed by atoms with van der Waals surface area (Å²) in [6.07, 6.45) is 1.12. The zero-order valence-electron chi connectivity index (χ0n) is 11.1. The molecule has 1 aromatic rings. The van der Waals surface area contributed by atoms with Crippen LogP contribution in [0.2, 0.25) is 0 Å². The largest absolute Gasteiger partial charge is 0.507 e. The molecule has 0 aromatic heterocycles. The number of hydrogen-bond acceptors (Lipinski definition) is 4. The van der Waals surface area contributed by atoms with E-state index in [4.69, 9.17) is 4.74 Å². The van der Waals surface area contributed by atoms with E-state index in [1.54, 1.807) is 17.9 Å². The zero-order chi connectivity index (χ0) is 14.7. The predicted octanol–water partition coefficient (Wildman–Crippen LogP) is 2.32. The highest BCUT2D eigenvalue weighted by Gasteiger charge is 2.27. The van der Waals surface area contributed by atoms with Gasteiger partial charge in [-0.05, 0) is 38.0 Å². The number of aromatic hydroxyl groups is 1. The fourth-order valence-electron chi connectivity index (χ4n) is 2.14. The molecule has 1 aliphatic rings. The molecule has 1 amide bonds. The summed E-state index contributed by atoms with van der Waals surface area (Å²) in [4.78, 5) is 25.7. The van der Waals surface area contributed by atoms with Crippen molar-refractivity contribution >= 4 is 27.8 Å². The van der Waals surface area contributed by atoms with Crippen LogP contribution in [0.25, 0.3) is 0 Å². The van der Waals surface area contributed by atoms with Crippen LogP contribution in [0.15, 0.2) is 22.7 Å².